The van der Waals surface area contributed by atoms with Gasteiger partial charge in [0.25, 0.3) is 15.2 Å². The zero-order valence-electron chi connectivity index (χ0n) is 17.7. The summed E-state index contributed by atoms with van der Waals surface area (Å²) in [7, 11) is -3.72. The Morgan fingerprint density at radius 2 is 1.68 bits per heavy atom. The lowest BCUT2D eigenvalue weighted by atomic mass is 10.1. The molecule has 3 aromatic carbocycles. The van der Waals surface area contributed by atoms with Crippen LogP contribution in [0.1, 0.15) is 16.7 Å². The van der Waals surface area contributed by atoms with Crippen molar-refractivity contribution in [1.82, 2.24) is 10.2 Å². The lowest BCUT2D eigenvalue weighted by Crippen LogP contribution is -2.12. The van der Waals surface area contributed by atoms with Crippen LogP contribution in [0.2, 0.25) is 0 Å². The molecule has 0 aliphatic heterocycles. The Balaban J connectivity index is 1.40. The highest BCUT2D eigenvalue weighted by Gasteiger charge is 2.30. The Kier molecular flexibility index (Phi) is 6.67. The first-order valence-electron chi connectivity index (χ1n) is 9.92. The van der Waals surface area contributed by atoms with Crippen molar-refractivity contribution in [3.05, 3.63) is 89.5 Å². The van der Waals surface area contributed by atoms with Crippen LogP contribution in [-0.2, 0) is 22.0 Å². The Labute approximate surface area is 198 Å². The van der Waals surface area contributed by atoms with Crippen molar-refractivity contribution < 1.29 is 26.0 Å². The number of thioether (sulfide) groups is 1. The van der Waals surface area contributed by atoms with Gasteiger partial charge in [0.05, 0.1) is 10.5 Å². The van der Waals surface area contributed by atoms with Crippen LogP contribution >= 0.6 is 11.8 Å². The van der Waals surface area contributed by atoms with Gasteiger partial charge in [-0.1, -0.05) is 47.7 Å². The van der Waals surface area contributed by atoms with E-state index < -0.39 is 21.8 Å². The molecule has 11 heteroatoms. The summed E-state index contributed by atoms with van der Waals surface area (Å²) in [4.78, 5) is 0.154. The van der Waals surface area contributed by atoms with E-state index in [1.54, 1.807) is 42.5 Å². The second kappa shape index (κ2) is 9.51. The van der Waals surface area contributed by atoms with Crippen molar-refractivity contribution in [2.24, 2.45) is 0 Å². The summed E-state index contributed by atoms with van der Waals surface area (Å²) in [6, 6.07) is 17.9. The van der Waals surface area contributed by atoms with E-state index in [2.05, 4.69) is 14.9 Å². The molecule has 0 radical (unpaired) electrons. The van der Waals surface area contributed by atoms with Gasteiger partial charge in [-0.2, -0.15) is 13.2 Å². The highest BCUT2D eigenvalue weighted by Crippen LogP contribution is 2.32. The number of aromatic nitrogens is 2. The number of hydrogen-bond donors (Lipinski definition) is 1. The monoisotopic (exact) mass is 505 g/mol. The van der Waals surface area contributed by atoms with E-state index in [0.29, 0.717) is 16.8 Å². The summed E-state index contributed by atoms with van der Waals surface area (Å²) in [6.45, 7) is 1.87. The molecule has 4 rings (SSSR count). The van der Waals surface area contributed by atoms with E-state index in [-0.39, 0.29) is 21.8 Å². The predicted molar refractivity (Wildman–Crippen MR) is 123 cm³/mol. The van der Waals surface area contributed by atoms with Gasteiger partial charge < -0.3 is 4.42 Å². The van der Waals surface area contributed by atoms with Crippen LogP contribution in [-0.4, -0.2) is 18.6 Å². The molecule has 0 saturated heterocycles. The Morgan fingerprint density at radius 1 is 0.971 bits per heavy atom. The molecule has 1 N–H and O–H groups in total. The molecule has 0 aliphatic rings. The minimum Gasteiger partial charge on any atom is -0.411 e. The number of hydrogen-bond acceptors (Lipinski definition) is 6. The number of aryl methyl sites for hydroxylation is 1. The molecule has 0 saturated carbocycles. The average Bonchev–Trinajstić information content (AvgIpc) is 3.27. The molecule has 34 heavy (non-hydrogen) atoms. The van der Waals surface area contributed by atoms with Crippen LogP contribution in [0.25, 0.3) is 11.5 Å². The number of rotatable bonds is 7. The molecule has 0 atom stereocenters. The molecule has 6 nitrogen and oxygen atoms in total. The largest absolute Gasteiger partial charge is 0.416 e. The smallest absolute Gasteiger partial charge is 0.411 e. The number of sulfonamides is 1. The number of benzene rings is 3. The van der Waals surface area contributed by atoms with Crippen LogP contribution in [0, 0.1) is 6.92 Å². The topological polar surface area (TPSA) is 85.1 Å². The fraction of sp³-hybridized carbons (Fsp3) is 0.130. The maximum atomic E-state index is 12.9. The number of nitrogens with zero attached hydrogens (tertiary/aromatic N) is 2. The lowest BCUT2D eigenvalue weighted by molar-refractivity contribution is -0.137. The van der Waals surface area contributed by atoms with Crippen molar-refractivity contribution in [3.63, 3.8) is 0 Å². The minimum atomic E-state index is -4.40. The summed E-state index contributed by atoms with van der Waals surface area (Å²) in [6.07, 6.45) is -4.40. The fourth-order valence-electron chi connectivity index (χ4n) is 2.98. The maximum Gasteiger partial charge on any atom is 0.416 e. The van der Waals surface area contributed by atoms with Crippen LogP contribution < -0.4 is 4.72 Å². The zero-order chi connectivity index (χ0) is 24.3. The van der Waals surface area contributed by atoms with Crippen LogP contribution in [0.4, 0.5) is 18.9 Å². The molecule has 0 spiro atoms. The SMILES string of the molecule is Cc1ccc(S(=O)(=O)Nc2ccc(-c3nnc(SCc4cccc(C(F)(F)F)c4)o3)cc2)cc1. The predicted octanol–water partition coefficient (Wildman–Crippen LogP) is 6.16. The Morgan fingerprint density at radius 3 is 2.35 bits per heavy atom. The summed E-state index contributed by atoms with van der Waals surface area (Å²) >= 11 is 1.12. The van der Waals surface area contributed by atoms with Crippen molar-refractivity contribution >= 4 is 27.5 Å². The van der Waals surface area contributed by atoms with Crippen LogP contribution in [0.15, 0.2) is 87.3 Å². The number of halogens is 3. The van der Waals surface area contributed by atoms with Gasteiger partial charge in [-0.3, -0.25) is 4.72 Å². The van der Waals surface area contributed by atoms with Gasteiger partial charge in [-0.25, -0.2) is 8.42 Å². The summed E-state index contributed by atoms with van der Waals surface area (Å²) in [5.74, 6) is 0.435. The molecule has 4 aromatic rings. The van der Waals surface area contributed by atoms with E-state index in [1.165, 1.54) is 18.2 Å². The molecule has 1 aromatic heterocycles. The Hall–Kier alpha value is -3.31. The lowest BCUT2D eigenvalue weighted by Gasteiger charge is -2.08. The normalized spacial score (nSPS) is 12.0. The fourth-order valence-corrected chi connectivity index (χ4v) is 4.74. The Bertz CT molecular complexity index is 1390. The number of anilines is 1. The second-order valence-electron chi connectivity index (χ2n) is 7.36. The first-order valence-corrected chi connectivity index (χ1v) is 12.4. The van der Waals surface area contributed by atoms with E-state index in [9.17, 15) is 21.6 Å². The summed E-state index contributed by atoms with van der Waals surface area (Å²) < 4.78 is 71.7. The number of alkyl halides is 3. The quantitative estimate of drug-likeness (QED) is 0.303. The molecule has 0 unspecified atom stereocenters. The molecular formula is C23H18F3N3O3S2. The van der Waals surface area contributed by atoms with E-state index in [1.807, 2.05) is 6.92 Å². The van der Waals surface area contributed by atoms with Crippen molar-refractivity contribution in [2.45, 2.75) is 29.0 Å². The van der Waals surface area contributed by atoms with Crippen molar-refractivity contribution in [3.8, 4) is 11.5 Å². The summed E-state index contributed by atoms with van der Waals surface area (Å²) in [5.41, 5.74) is 1.65. The molecular weight excluding hydrogens is 487 g/mol. The first kappa shape index (κ1) is 23.8. The zero-order valence-corrected chi connectivity index (χ0v) is 19.3. The summed E-state index contributed by atoms with van der Waals surface area (Å²) in [5, 5.41) is 8.08. The third-order valence-electron chi connectivity index (χ3n) is 4.74. The van der Waals surface area contributed by atoms with Crippen LogP contribution in [0.3, 0.4) is 0 Å². The maximum absolute atomic E-state index is 12.9. The van der Waals surface area contributed by atoms with Gasteiger partial charge in [0.1, 0.15) is 0 Å². The molecule has 0 amide bonds. The van der Waals surface area contributed by atoms with Gasteiger partial charge in [0.2, 0.25) is 5.89 Å². The molecule has 1 heterocycles. The highest BCUT2D eigenvalue weighted by molar-refractivity contribution is 7.98. The van der Waals surface area contributed by atoms with Gasteiger partial charge >= 0.3 is 6.18 Å². The molecule has 176 valence electrons. The minimum absolute atomic E-state index is 0.154. The third-order valence-corrected chi connectivity index (χ3v) is 7.03. The van der Waals surface area contributed by atoms with Gasteiger partial charge in [0, 0.05) is 17.0 Å². The van der Waals surface area contributed by atoms with Crippen molar-refractivity contribution in [2.75, 3.05) is 4.72 Å². The first-order chi connectivity index (χ1) is 16.1. The molecule has 0 aliphatic carbocycles. The van der Waals surface area contributed by atoms with E-state index in [0.717, 1.165) is 29.5 Å². The van der Waals surface area contributed by atoms with Gasteiger partial charge in [0.15, 0.2) is 0 Å². The average molecular weight is 506 g/mol. The highest BCUT2D eigenvalue weighted by atomic mass is 32.2. The van der Waals surface area contributed by atoms with Gasteiger partial charge in [-0.15, -0.1) is 10.2 Å². The molecule has 0 bridgehead atoms. The number of nitrogens with one attached hydrogen (secondary N) is 1. The van der Waals surface area contributed by atoms with E-state index in [4.69, 9.17) is 4.42 Å². The van der Waals surface area contributed by atoms with Crippen molar-refractivity contribution in [1.29, 1.82) is 0 Å². The van der Waals surface area contributed by atoms with Gasteiger partial charge in [-0.05, 0) is 55.0 Å². The van der Waals surface area contributed by atoms with Crippen LogP contribution in [0.5, 0.6) is 0 Å². The second-order valence-corrected chi connectivity index (χ2v) is 9.96. The standard InChI is InChI=1S/C23H18F3N3O3S2/c1-15-5-11-20(12-6-15)34(30,31)29-19-9-7-17(8-10-19)21-27-28-22(32-21)33-14-16-3-2-4-18(13-16)23(24,25)26/h2-13,29H,14H2,1H3. The third kappa shape index (κ3) is 5.78. The van der Waals surface area contributed by atoms with E-state index >= 15 is 0 Å². The molecule has 0 fully saturated rings.